The summed E-state index contributed by atoms with van der Waals surface area (Å²) in [5.41, 5.74) is 0.0109. The van der Waals surface area contributed by atoms with Crippen LogP contribution in [0.15, 0.2) is 28.8 Å². The van der Waals surface area contributed by atoms with Crippen LogP contribution < -0.4 is 10.6 Å². The van der Waals surface area contributed by atoms with Gasteiger partial charge in [0.1, 0.15) is 17.0 Å². The van der Waals surface area contributed by atoms with Crippen LogP contribution >= 0.6 is 11.8 Å². The number of carbonyl (C=O) groups is 3. The molecule has 0 fully saturated rings. The Morgan fingerprint density at radius 3 is 2.44 bits per heavy atom. The predicted molar refractivity (Wildman–Crippen MR) is 102 cm³/mol. The van der Waals surface area contributed by atoms with E-state index in [1.165, 1.54) is 24.9 Å². The van der Waals surface area contributed by atoms with Gasteiger partial charge in [0, 0.05) is 4.90 Å². The van der Waals surface area contributed by atoms with Gasteiger partial charge in [-0.2, -0.15) is 0 Å². The summed E-state index contributed by atoms with van der Waals surface area (Å²) in [5.74, 6) is -1.21. The molecule has 0 aliphatic heterocycles. The molecule has 1 aromatic heterocycles. The molecule has 27 heavy (non-hydrogen) atoms. The SMILES string of the molecule is C/C=C(/NC(=O)c1cc(SC)cc(CNC(=O)OC(C)(C)C)n1)C(=O)OC. The minimum atomic E-state index is -0.654. The normalized spacial score (nSPS) is 11.6. The average Bonchev–Trinajstić information content (AvgIpc) is 2.61. The first-order valence-electron chi connectivity index (χ1n) is 8.17. The summed E-state index contributed by atoms with van der Waals surface area (Å²) >= 11 is 1.42. The molecule has 0 saturated heterocycles. The van der Waals surface area contributed by atoms with Crippen molar-refractivity contribution in [2.75, 3.05) is 13.4 Å². The Morgan fingerprint density at radius 2 is 1.93 bits per heavy atom. The molecule has 1 aromatic rings. The molecule has 8 nitrogen and oxygen atoms in total. The van der Waals surface area contributed by atoms with Crippen molar-refractivity contribution >= 4 is 29.7 Å². The molecule has 1 rings (SSSR count). The number of aromatic nitrogens is 1. The summed E-state index contributed by atoms with van der Waals surface area (Å²) in [7, 11) is 1.23. The highest BCUT2D eigenvalue weighted by Gasteiger charge is 2.18. The molecule has 0 saturated carbocycles. The highest BCUT2D eigenvalue weighted by molar-refractivity contribution is 7.98. The van der Waals surface area contributed by atoms with E-state index >= 15 is 0 Å². The molecule has 2 amide bonds. The molecule has 0 spiro atoms. The average molecular weight is 395 g/mol. The summed E-state index contributed by atoms with van der Waals surface area (Å²) in [6.45, 7) is 7.00. The Hall–Kier alpha value is -2.55. The zero-order valence-electron chi connectivity index (χ0n) is 16.3. The Kier molecular flexibility index (Phi) is 8.30. The highest BCUT2D eigenvalue weighted by Crippen LogP contribution is 2.17. The Bertz CT molecular complexity index is 741. The number of hydrogen-bond donors (Lipinski definition) is 2. The Labute approximate surface area is 163 Å². The maximum atomic E-state index is 12.4. The van der Waals surface area contributed by atoms with Gasteiger partial charge in [-0.1, -0.05) is 6.08 Å². The van der Waals surface area contributed by atoms with E-state index in [1.54, 1.807) is 39.8 Å². The summed E-state index contributed by atoms with van der Waals surface area (Å²) in [6, 6.07) is 3.36. The van der Waals surface area contributed by atoms with Crippen LogP contribution in [0.2, 0.25) is 0 Å². The number of nitrogens with zero attached hydrogens (tertiary/aromatic N) is 1. The van der Waals surface area contributed by atoms with Gasteiger partial charge in [-0.3, -0.25) is 4.79 Å². The first kappa shape index (κ1) is 22.5. The summed E-state index contributed by atoms with van der Waals surface area (Å²) < 4.78 is 9.78. The maximum Gasteiger partial charge on any atom is 0.407 e. The minimum absolute atomic E-state index is 0.0206. The fraction of sp³-hybridized carbons (Fsp3) is 0.444. The first-order chi connectivity index (χ1) is 12.6. The monoisotopic (exact) mass is 395 g/mol. The lowest BCUT2D eigenvalue weighted by molar-refractivity contribution is -0.136. The first-order valence-corrected chi connectivity index (χ1v) is 9.40. The van der Waals surface area contributed by atoms with Crippen LogP contribution in [0.25, 0.3) is 0 Å². The van der Waals surface area contributed by atoms with E-state index in [9.17, 15) is 14.4 Å². The van der Waals surface area contributed by atoms with Gasteiger partial charge in [0.2, 0.25) is 0 Å². The molecule has 0 aromatic carbocycles. The van der Waals surface area contributed by atoms with Gasteiger partial charge in [0.05, 0.1) is 19.3 Å². The number of alkyl carbamates (subject to hydrolysis) is 1. The second kappa shape index (κ2) is 9.96. The predicted octanol–water partition coefficient (Wildman–Crippen LogP) is 2.63. The Morgan fingerprint density at radius 1 is 1.26 bits per heavy atom. The third kappa shape index (κ3) is 7.69. The maximum absolute atomic E-state index is 12.4. The van der Waals surface area contributed by atoms with E-state index < -0.39 is 23.6 Å². The van der Waals surface area contributed by atoms with E-state index in [-0.39, 0.29) is 17.9 Å². The minimum Gasteiger partial charge on any atom is -0.464 e. The summed E-state index contributed by atoms with van der Waals surface area (Å²) in [5, 5.41) is 5.07. The molecule has 1 heterocycles. The quantitative estimate of drug-likeness (QED) is 0.433. The molecule has 9 heteroatoms. The molecular weight excluding hydrogens is 370 g/mol. The van der Waals surface area contributed by atoms with Crippen molar-refractivity contribution in [1.29, 1.82) is 0 Å². The van der Waals surface area contributed by atoms with Crippen molar-refractivity contribution in [3.8, 4) is 0 Å². The molecule has 0 radical (unpaired) electrons. The standard InChI is InChI=1S/C18H25N3O5S/c1-7-13(16(23)25-5)21-15(22)14-9-12(27-6)8-11(20-14)10-19-17(24)26-18(2,3)4/h7-9H,10H2,1-6H3,(H,19,24)(H,21,22)/b13-7+. The number of thioether (sulfide) groups is 1. The van der Waals surface area contributed by atoms with E-state index in [2.05, 4.69) is 20.4 Å². The molecule has 0 bridgehead atoms. The number of nitrogens with one attached hydrogen (secondary N) is 2. The zero-order valence-corrected chi connectivity index (χ0v) is 17.2. The van der Waals surface area contributed by atoms with E-state index in [0.717, 1.165) is 4.90 Å². The van der Waals surface area contributed by atoms with Crippen LogP contribution in [0, 0.1) is 0 Å². The number of hydrogen-bond acceptors (Lipinski definition) is 7. The van der Waals surface area contributed by atoms with E-state index in [0.29, 0.717) is 5.69 Å². The molecule has 0 unspecified atom stereocenters. The number of amides is 2. The van der Waals surface area contributed by atoms with Crippen molar-refractivity contribution in [2.45, 2.75) is 44.7 Å². The number of ether oxygens (including phenoxy) is 2. The van der Waals surface area contributed by atoms with Crippen molar-refractivity contribution in [3.05, 3.63) is 35.3 Å². The van der Waals surface area contributed by atoms with Crippen molar-refractivity contribution in [1.82, 2.24) is 15.6 Å². The van der Waals surface area contributed by atoms with Crippen LogP contribution in [0.1, 0.15) is 43.9 Å². The number of esters is 1. The summed E-state index contributed by atoms with van der Waals surface area (Å²) in [6.07, 6.45) is 2.72. The van der Waals surface area contributed by atoms with E-state index in [1.807, 2.05) is 6.26 Å². The van der Waals surface area contributed by atoms with Gasteiger partial charge in [-0.25, -0.2) is 14.6 Å². The number of carbonyl (C=O) groups excluding carboxylic acids is 3. The summed E-state index contributed by atoms with van der Waals surface area (Å²) in [4.78, 5) is 40.9. The number of methoxy groups -OCH3 is 1. The van der Waals surface area contributed by atoms with Gasteiger partial charge in [0.15, 0.2) is 0 Å². The van der Waals surface area contributed by atoms with Crippen molar-refractivity contribution < 1.29 is 23.9 Å². The van der Waals surface area contributed by atoms with E-state index in [4.69, 9.17) is 4.74 Å². The highest BCUT2D eigenvalue weighted by atomic mass is 32.2. The molecule has 148 valence electrons. The van der Waals surface area contributed by atoms with Crippen LogP contribution in [0.4, 0.5) is 4.79 Å². The smallest absolute Gasteiger partial charge is 0.407 e. The molecule has 0 atom stereocenters. The van der Waals surface area contributed by atoms with Crippen molar-refractivity contribution in [2.24, 2.45) is 0 Å². The topological polar surface area (TPSA) is 107 Å². The largest absolute Gasteiger partial charge is 0.464 e. The lowest BCUT2D eigenvalue weighted by Gasteiger charge is -2.19. The van der Waals surface area contributed by atoms with Crippen LogP contribution in [0.5, 0.6) is 0 Å². The fourth-order valence-electron chi connectivity index (χ4n) is 1.90. The van der Waals surface area contributed by atoms with Crippen molar-refractivity contribution in [3.63, 3.8) is 0 Å². The lowest BCUT2D eigenvalue weighted by atomic mass is 10.2. The number of rotatable bonds is 6. The second-order valence-corrected chi connectivity index (χ2v) is 7.27. The third-order valence-electron chi connectivity index (χ3n) is 3.08. The van der Waals surface area contributed by atoms with Crippen LogP contribution in [-0.2, 0) is 20.8 Å². The van der Waals surface area contributed by atoms with Crippen LogP contribution in [-0.4, -0.2) is 41.9 Å². The van der Waals surface area contributed by atoms with Gasteiger partial charge in [0.25, 0.3) is 5.91 Å². The van der Waals surface area contributed by atoms with Gasteiger partial charge >= 0.3 is 12.1 Å². The molecule has 0 aliphatic carbocycles. The molecular formula is C18H25N3O5S. The third-order valence-corrected chi connectivity index (χ3v) is 3.78. The lowest BCUT2D eigenvalue weighted by Crippen LogP contribution is -2.32. The number of pyridine rings is 1. The van der Waals surface area contributed by atoms with Gasteiger partial charge < -0.3 is 20.1 Å². The second-order valence-electron chi connectivity index (χ2n) is 6.39. The fourth-order valence-corrected chi connectivity index (χ4v) is 2.38. The van der Waals surface area contributed by atoms with Gasteiger partial charge in [-0.05, 0) is 46.1 Å². The Balaban J connectivity index is 2.93. The molecule has 0 aliphatic rings. The van der Waals surface area contributed by atoms with Crippen LogP contribution in [0.3, 0.4) is 0 Å². The molecule has 2 N–H and O–H groups in total. The zero-order chi connectivity index (χ0) is 20.6. The van der Waals surface area contributed by atoms with Gasteiger partial charge in [-0.15, -0.1) is 11.8 Å². The number of allylic oxidation sites excluding steroid dienone is 1.